The molecule has 0 unspecified atom stereocenters. The van der Waals surface area contributed by atoms with Gasteiger partial charge in [-0.05, 0) is 13.0 Å². The van der Waals surface area contributed by atoms with E-state index >= 15 is 0 Å². The number of hydrogen-bond donors (Lipinski definition) is 0. The van der Waals surface area contributed by atoms with Gasteiger partial charge < -0.3 is 0 Å². The fourth-order valence-electron chi connectivity index (χ4n) is 1.72. The van der Waals surface area contributed by atoms with Crippen molar-refractivity contribution in [3.63, 3.8) is 0 Å². The molecule has 7 heteroatoms. The average Bonchev–Trinajstić information content (AvgIpc) is 2.84. The Morgan fingerprint density at radius 3 is 2.89 bits per heavy atom. The molecule has 3 heterocycles. The SMILES string of the molecule is CCc1nc2nnc(-c3ccncn3)c(C)n2n1. The van der Waals surface area contributed by atoms with Crippen LogP contribution in [0, 0.1) is 6.92 Å². The largest absolute Gasteiger partial charge is 0.272 e. The van der Waals surface area contributed by atoms with E-state index in [1.54, 1.807) is 16.8 Å². The van der Waals surface area contributed by atoms with Gasteiger partial charge in [-0.25, -0.2) is 9.97 Å². The van der Waals surface area contributed by atoms with E-state index in [9.17, 15) is 0 Å². The van der Waals surface area contributed by atoms with Crippen LogP contribution in [0.4, 0.5) is 0 Å². The van der Waals surface area contributed by atoms with Crippen molar-refractivity contribution in [3.8, 4) is 11.4 Å². The van der Waals surface area contributed by atoms with Crippen LogP contribution in [0.2, 0.25) is 0 Å². The maximum Gasteiger partial charge on any atom is 0.272 e. The molecule has 0 spiro atoms. The van der Waals surface area contributed by atoms with Crippen molar-refractivity contribution < 1.29 is 0 Å². The molecule has 0 aliphatic carbocycles. The van der Waals surface area contributed by atoms with E-state index < -0.39 is 0 Å². The Morgan fingerprint density at radius 2 is 2.17 bits per heavy atom. The third-order valence-corrected chi connectivity index (χ3v) is 2.67. The van der Waals surface area contributed by atoms with Gasteiger partial charge in [-0.3, -0.25) is 0 Å². The summed E-state index contributed by atoms with van der Waals surface area (Å²) in [5.74, 6) is 1.27. The minimum Gasteiger partial charge on any atom is -0.245 e. The molecule has 3 aromatic heterocycles. The van der Waals surface area contributed by atoms with E-state index in [2.05, 4.69) is 30.2 Å². The van der Waals surface area contributed by atoms with Gasteiger partial charge in [-0.2, -0.15) is 9.50 Å². The van der Waals surface area contributed by atoms with Crippen LogP contribution in [0.25, 0.3) is 17.2 Å². The van der Waals surface area contributed by atoms with Crippen molar-refractivity contribution in [2.45, 2.75) is 20.3 Å². The highest BCUT2D eigenvalue weighted by Gasteiger charge is 2.12. The maximum atomic E-state index is 4.38. The molecule has 0 atom stereocenters. The third-order valence-electron chi connectivity index (χ3n) is 2.67. The quantitative estimate of drug-likeness (QED) is 0.661. The van der Waals surface area contributed by atoms with E-state index in [4.69, 9.17) is 0 Å². The second-order valence-electron chi connectivity index (χ2n) is 3.82. The number of fused-ring (bicyclic) bond motifs is 1. The molecule has 0 N–H and O–H groups in total. The molecule has 0 radical (unpaired) electrons. The number of aryl methyl sites for hydroxylation is 2. The topological polar surface area (TPSA) is 81.8 Å². The monoisotopic (exact) mass is 241 g/mol. The maximum absolute atomic E-state index is 4.38. The number of nitrogens with zero attached hydrogens (tertiary/aromatic N) is 7. The fourth-order valence-corrected chi connectivity index (χ4v) is 1.72. The molecule has 3 aromatic rings. The minimum atomic E-state index is 0.516. The summed E-state index contributed by atoms with van der Waals surface area (Å²) in [6, 6.07) is 1.79. The summed E-state index contributed by atoms with van der Waals surface area (Å²) in [6.07, 6.45) is 3.93. The van der Waals surface area contributed by atoms with E-state index in [1.807, 2.05) is 13.8 Å². The second kappa shape index (κ2) is 4.10. The molecular weight excluding hydrogens is 230 g/mol. The van der Waals surface area contributed by atoms with Crippen LogP contribution in [0.15, 0.2) is 18.6 Å². The first kappa shape index (κ1) is 10.7. The molecule has 0 fully saturated rings. The fraction of sp³-hybridized carbons (Fsp3) is 0.273. The number of rotatable bonds is 2. The van der Waals surface area contributed by atoms with Gasteiger partial charge in [0, 0.05) is 12.6 Å². The van der Waals surface area contributed by atoms with Gasteiger partial charge in [0.05, 0.1) is 11.4 Å². The van der Waals surface area contributed by atoms with E-state index in [-0.39, 0.29) is 0 Å². The van der Waals surface area contributed by atoms with Crippen molar-refractivity contribution >= 4 is 5.78 Å². The summed E-state index contributed by atoms with van der Waals surface area (Å²) in [7, 11) is 0. The molecule has 0 saturated heterocycles. The standard InChI is InChI=1S/C11H11N7/c1-3-9-14-11-16-15-10(7(2)18(11)17-9)8-4-5-12-6-13-8/h4-6H,3H2,1-2H3. The summed E-state index contributed by atoms with van der Waals surface area (Å²) in [6.45, 7) is 3.93. The second-order valence-corrected chi connectivity index (χ2v) is 3.82. The van der Waals surface area contributed by atoms with Gasteiger partial charge in [-0.15, -0.1) is 15.3 Å². The van der Waals surface area contributed by atoms with Gasteiger partial charge >= 0.3 is 0 Å². The number of hydrogen-bond acceptors (Lipinski definition) is 6. The summed E-state index contributed by atoms with van der Waals surface area (Å²) in [5.41, 5.74) is 2.29. The first-order valence-electron chi connectivity index (χ1n) is 5.65. The Labute approximate surface area is 103 Å². The highest BCUT2D eigenvalue weighted by Crippen LogP contribution is 2.17. The van der Waals surface area contributed by atoms with Crippen molar-refractivity contribution in [2.24, 2.45) is 0 Å². The molecule has 18 heavy (non-hydrogen) atoms. The molecule has 0 aliphatic heterocycles. The molecule has 90 valence electrons. The Bertz CT molecular complexity index is 689. The van der Waals surface area contributed by atoms with Crippen LogP contribution in [0.3, 0.4) is 0 Å². The average molecular weight is 241 g/mol. The molecule has 0 bridgehead atoms. The lowest BCUT2D eigenvalue weighted by Gasteiger charge is -2.03. The molecule has 0 aromatic carbocycles. The molecular formula is C11H11N7. The smallest absolute Gasteiger partial charge is 0.245 e. The first-order valence-corrected chi connectivity index (χ1v) is 5.65. The molecule has 0 amide bonds. The molecule has 0 aliphatic rings. The molecule has 0 saturated carbocycles. The zero-order valence-corrected chi connectivity index (χ0v) is 10.1. The lowest BCUT2D eigenvalue weighted by molar-refractivity contribution is 0.827. The summed E-state index contributed by atoms with van der Waals surface area (Å²) >= 11 is 0. The van der Waals surface area contributed by atoms with E-state index in [0.29, 0.717) is 11.5 Å². The predicted molar refractivity (Wildman–Crippen MR) is 63.7 cm³/mol. The van der Waals surface area contributed by atoms with Gasteiger partial charge in [0.25, 0.3) is 5.78 Å². The summed E-state index contributed by atoms with van der Waals surface area (Å²) < 4.78 is 1.70. The van der Waals surface area contributed by atoms with Crippen molar-refractivity contribution in [1.82, 2.24) is 34.8 Å². The zero-order valence-electron chi connectivity index (χ0n) is 10.1. The van der Waals surface area contributed by atoms with Gasteiger partial charge in [-0.1, -0.05) is 6.92 Å². The number of aromatic nitrogens is 7. The Morgan fingerprint density at radius 1 is 1.28 bits per heavy atom. The summed E-state index contributed by atoms with van der Waals surface area (Å²) in [4.78, 5) is 12.3. The van der Waals surface area contributed by atoms with Crippen molar-refractivity contribution in [1.29, 1.82) is 0 Å². The Hall–Kier alpha value is -2.44. The van der Waals surface area contributed by atoms with Crippen molar-refractivity contribution in [2.75, 3.05) is 0 Å². The van der Waals surface area contributed by atoms with E-state index in [0.717, 1.165) is 23.6 Å². The molecule has 7 nitrogen and oxygen atoms in total. The highest BCUT2D eigenvalue weighted by molar-refractivity contribution is 5.56. The Balaban J connectivity index is 2.23. The predicted octanol–water partition coefficient (Wildman–Crippen LogP) is 0.847. The molecule has 3 rings (SSSR count). The first-order chi connectivity index (χ1) is 8.79. The minimum absolute atomic E-state index is 0.516. The van der Waals surface area contributed by atoms with E-state index in [1.165, 1.54) is 6.33 Å². The van der Waals surface area contributed by atoms with Gasteiger partial charge in [0.1, 0.15) is 12.0 Å². The van der Waals surface area contributed by atoms with Gasteiger partial charge in [0.15, 0.2) is 5.82 Å². The zero-order chi connectivity index (χ0) is 12.5. The lowest BCUT2D eigenvalue weighted by atomic mass is 10.2. The van der Waals surface area contributed by atoms with Crippen LogP contribution in [0.5, 0.6) is 0 Å². The van der Waals surface area contributed by atoms with Crippen LogP contribution in [-0.2, 0) is 6.42 Å². The Kier molecular flexibility index (Phi) is 2.44. The summed E-state index contributed by atoms with van der Waals surface area (Å²) in [5, 5.41) is 12.6. The highest BCUT2D eigenvalue weighted by atomic mass is 15.4. The van der Waals surface area contributed by atoms with Crippen LogP contribution >= 0.6 is 0 Å². The van der Waals surface area contributed by atoms with Crippen LogP contribution in [-0.4, -0.2) is 34.8 Å². The normalized spacial score (nSPS) is 11.0. The van der Waals surface area contributed by atoms with Crippen LogP contribution in [0.1, 0.15) is 18.4 Å². The van der Waals surface area contributed by atoms with Crippen LogP contribution < -0.4 is 0 Å². The third kappa shape index (κ3) is 1.60. The lowest BCUT2D eigenvalue weighted by Crippen LogP contribution is -2.03. The van der Waals surface area contributed by atoms with Crippen molar-refractivity contribution in [3.05, 3.63) is 30.1 Å². The van der Waals surface area contributed by atoms with Gasteiger partial charge in [0.2, 0.25) is 0 Å².